The normalized spacial score (nSPS) is 22.0. The summed E-state index contributed by atoms with van der Waals surface area (Å²) in [5.74, 6) is -1.23. The quantitative estimate of drug-likeness (QED) is 0.904. The van der Waals surface area contributed by atoms with E-state index in [9.17, 15) is 13.6 Å². The first-order chi connectivity index (χ1) is 11.0. The number of nitrogens with zero attached hydrogens (tertiary/aromatic N) is 1. The highest BCUT2D eigenvalue weighted by molar-refractivity contribution is 5.75. The van der Waals surface area contributed by atoms with Crippen LogP contribution in [0.15, 0.2) is 18.2 Å². The highest BCUT2D eigenvalue weighted by Gasteiger charge is 2.34. The Labute approximate surface area is 134 Å². The highest BCUT2D eigenvalue weighted by atomic mass is 19.1. The monoisotopic (exact) mass is 324 g/mol. The van der Waals surface area contributed by atoms with Crippen molar-refractivity contribution in [2.45, 2.75) is 57.3 Å². The van der Waals surface area contributed by atoms with Gasteiger partial charge in [-0.3, -0.25) is 0 Å². The van der Waals surface area contributed by atoms with E-state index < -0.39 is 11.6 Å². The molecule has 0 bridgehead atoms. The van der Waals surface area contributed by atoms with E-state index in [0.29, 0.717) is 5.56 Å². The van der Waals surface area contributed by atoms with E-state index in [2.05, 4.69) is 5.32 Å². The minimum Gasteiger partial charge on any atom is -0.376 e. The second-order valence-corrected chi connectivity index (χ2v) is 6.38. The molecule has 1 heterocycles. The van der Waals surface area contributed by atoms with Gasteiger partial charge in [0, 0.05) is 24.3 Å². The van der Waals surface area contributed by atoms with E-state index in [-0.39, 0.29) is 30.8 Å². The summed E-state index contributed by atoms with van der Waals surface area (Å²) in [6.45, 7) is 2.82. The van der Waals surface area contributed by atoms with Gasteiger partial charge in [0.15, 0.2) is 0 Å². The Kier molecular flexibility index (Phi) is 4.80. The molecule has 2 atom stereocenters. The van der Waals surface area contributed by atoms with E-state index >= 15 is 0 Å². The molecule has 4 nitrogen and oxygen atoms in total. The second-order valence-electron chi connectivity index (χ2n) is 6.38. The number of carbonyl (C=O) groups is 1. The lowest BCUT2D eigenvalue weighted by Crippen LogP contribution is -2.48. The van der Waals surface area contributed by atoms with E-state index in [1.165, 1.54) is 12.1 Å². The second kappa shape index (κ2) is 6.83. The van der Waals surface area contributed by atoms with Crippen LogP contribution >= 0.6 is 0 Å². The van der Waals surface area contributed by atoms with E-state index in [1.807, 2.05) is 6.92 Å². The molecule has 1 aliphatic heterocycles. The summed E-state index contributed by atoms with van der Waals surface area (Å²) in [4.78, 5) is 14.2. The molecule has 0 unspecified atom stereocenters. The van der Waals surface area contributed by atoms with Crippen molar-refractivity contribution in [3.05, 3.63) is 35.4 Å². The van der Waals surface area contributed by atoms with Crippen molar-refractivity contribution in [2.24, 2.45) is 0 Å². The fourth-order valence-corrected chi connectivity index (χ4v) is 2.95. The number of hydrogen-bond acceptors (Lipinski definition) is 2. The first kappa shape index (κ1) is 16.2. The number of urea groups is 1. The van der Waals surface area contributed by atoms with Crippen LogP contribution in [-0.2, 0) is 11.3 Å². The zero-order chi connectivity index (χ0) is 16.4. The van der Waals surface area contributed by atoms with Gasteiger partial charge in [-0.15, -0.1) is 0 Å². The molecule has 1 aromatic rings. The van der Waals surface area contributed by atoms with Crippen molar-refractivity contribution in [1.82, 2.24) is 10.2 Å². The molecule has 2 aliphatic rings. The number of carbonyl (C=O) groups excluding carboxylic acids is 1. The van der Waals surface area contributed by atoms with Crippen molar-refractivity contribution >= 4 is 6.03 Å². The largest absolute Gasteiger partial charge is 0.376 e. The molecule has 1 N–H and O–H groups in total. The molecule has 1 aliphatic carbocycles. The highest BCUT2D eigenvalue weighted by Crippen LogP contribution is 2.29. The summed E-state index contributed by atoms with van der Waals surface area (Å²) in [7, 11) is 0. The van der Waals surface area contributed by atoms with Gasteiger partial charge in [-0.1, -0.05) is 6.07 Å². The number of halogens is 2. The van der Waals surface area contributed by atoms with Crippen LogP contribution in [0.3, 0.4) is 0 Å². The minimum atomic E-state index is -0.615. The Hall–Kier alpha value is -1.69. The molecule has 126 valence electrons. The van der Waals surface area contributed by atoms with Crippen LogP contribution in [0.1, 0.15) is 38.2 Å². The molecular weight excluding hydrogens is 302 g/mol. The zero-order valence-electron chi connectivity index (χ0n) is 13.2. The Morgan fingerprint density at radius 3 is 2.78 bits per heavy atom. The molecule has 1 aromatic carbocycles. The van der Waals surface area contributed by atoms with Gasteiger partial charge in [0.05, 0.1) is 18.7 Å². The smallest absolute Gasteiger partial charge is 0.318 e. The summed E-state index contributed by atoms with van der Waals surface area (Å²) < 4.78 is 32.4. The maximum atomic E-state index is 13.8. The van der Waals surface area contributed by atoms with Crippen molar-refractivity contribution < 1.29 is 18.3 Å². The molecule has 2 amide bonds. The average Bonchev–Trinajstić information content (AvgIpc) is 3.19. The standard InChI is InChI=1S/C17H22F2N2O2/c1-11(16-3-2-8-23-16)20-17(22)21(14-6-7-14)10-12-4-5-13(18)9-15(12)19/h4-5,9,11,14,16H,2-3,6-8,10H2,1H3,(H,20,22)/t11-,16-/m0/s1. The van der Waals surface area contributed by atoms with Gasteiger partial charge in [0.25, 0.3) is 0 Å². The fraction of sp³-hybridized carbons (Fsp3) is 0.588. The van der Waals surface area contributed by atoms with Gasteiger partial charge < -0.3 is 15.0 Å². The third kappa shape index (κ3) is 3.99. The number of rotatable bonds is 5. The molecular formula is C17H22F2N2O2. The van der Waals surface area contributed by atoms with Gasteiger partial charge in [0.2, 0.25) is 0 Å². The van der Waals surface area contributed by atoms with Gasteiger partial charge in [0.1, 0.15) is 11.6 Å². The molecule has 23 heavy (non-hydrogen) atoms. The Balaban J connectivity index is 1.64. The van der Waals surface area contributed by atoms with E-state index in [0.717, 1.165) is 38.4 Å². The van der Waals surface area contributed by atoms with Crippen LogP contribution in [0.25, 0.3) is 0 Å². The van der Waals surface area contributed by atoms with E-state index in [4.69, 9.17) is 4.74 Å². The van der Waals surface area contributed by atoms with Crippen LogP contribution < -0.4 is 5.32 Å². The van der Waals surface area contributed by atoms with Gasteiger partial charge in [-0.2, -0.15) is 0 Å². The van der Waals surface area contributed by atoms with Crippen LogP contribution in [0.4, 0.5) is 13.6 Å². The lowest BCUT2D eigenvalue weighted by atomic mass is 10.1. The molecule has 2 fully saturated rings. The maximum Gasteiger partial charge on any atom is 0.318 e. The summed E-state index contributed by atoms with van der Waals surface area (Å²) >= 11 is 0. The lowest BCUT2D eigenvalue weighted by Gasteiger charge is -2.27. The van der Waals surface area contributed by atoms with E-state index in [1.54, 1.807) is 4.90 Å². The molecule has 1 saturated heterocycles. The van der Waals surface area contributed by atoms with Crippen LogP contribution in [0, 0.1) is 11.6 Å². The van der Waals surface area contributed by atoms with Gasteiger partial charge in [-0.05, 0) is 38.7 Å². The first-order valence-corrected chi connectivity index (χ1v) is 8.17. The topological polar surface area (TPSA) is 41.6 Å². The molecule has 3 rings (SSSR count). The number of amides is 2. The SMILES string of the molecule is C[C@H](NC(=O)N(Cc1ccc(F)cc1F)C1CC1)[C@@H]1CCCO1. The molecule has 0 spiro atoms. The van der Waals surface area contributed by atoms with Gasteiger partial charge >= 0.3 is 6.03 Å². The number of nitrogens with one attached hydrogen (secondary N) is 1. The van der Waals surface area contributed by atoms with Crippen molar-refractivity contribution in [1.29, 1.82) is 0 Å². The molecule has 1 saturated carbocycles. The molecule has 6 heteroatoms. The van der Waals surface area contributed by atoms with Crippen molar-refractivity contribution in [3.63, 3.8) is 0 Å². The third-order valence-corrected chi connectivity index (χ3v) is 4.48. The summed E-state index contributed by atoms with van der Waals surface area (Å²) in [6.07, 6.45) is 3.84. The lowest BCUT2D eigenvalue weighted by molar-refractivity contribution is 0.0828. The zero-order valence-corrected chi connectivity index (χ0v) is 13.2. The average molecular weight is 324 g/mol. The number of ether oxygens (including phenoxy) is 1. The maximum absolute atomic E-state index is 13.8. The summed E-state index contributed by atoms with van der Waals surface area (Å²) in [5, 5.41) is 2.96. The van der Waals surface area contributed by atoms with Crippen molar-refractivity contribution in [2.75, 3.05) is 6.61 Å². The van der Waals surface area contributed by atoms with Crippen LogP contribution in [-0.4, -0.2) is 35.7 Å². The van der Waals surface area contributed by atoms with Crippen LogP contribution in [0.5, 0.6) is 0 Å². The number of benzene rings is 1. The number of hydrogen-bond donors (Lipinski definition) is 1. The Morgan fingerprint density at radius 2 is 2.17 bits per heavy atom. The minimum absolute atomic E-state index is 0.0440. The molecule has 0 radical (unpaired) electrons. The predicted octanol–water partition coefficient (Wildman–Crippen LogP) is 3.21. The molecule has 0 aromatic heterocycles. The summed E-state index contributed by atoms with van der Waals surface area (Å²) in [6, 6.07) is 3.32. The predicted molar refractivity (Wildman–Crippen MR) is 81.9 cm³/mol. The first-order valence-electron chi connectivity index (χ1n) is 8.17. The third-order valence-electron chi connectivity index (χ3n) is 4.48. The van der Waals surface area contributed by atoms with Crippen molar-refractivity contribution in [3.8, 4) is 0 Å². The fourth-order valence-electron chi connectivity index (χ4n) is 2.95. The summed E-state index contributed by atoms with van der Waals surface area (Å²) in [5.41, 5.74) is 0.332. The Bertz CT molecular complexity index is 572. The Morgan fingerprint density at radius 1 is 1.39 bits per heavy atom. The van der Waals surface area contributed by atoms with Gasteiger partial charge in [-0.25, -0.2) is 13.6 Å². The van der Waals surface area contributed by atoms with Crippen LogP contribution in [0.2, 0.25) is 0 Å².